The van der Waals surface area contributed by atoms with Gasteiger partial charge in [-0.2, -0.15) is 0 Å². The van der Waals surface area contributed by atoms with E-state index in [4.69, 9.17) is 9.72 Å². The number of ether oxygens (including phenoxy) is 1. The van der Waals surface area contributed by atoms with Gasteiger partial charge in [-0.1, -0.05) is 32.1 Å². The number of aromatic nitrogens is 3. The van der Waals surface area contributed by atoms with Crippen LogP contribution in [0.25, 0.3) is 0 Å². The molecule has 0 bridgehead atoms. The molecule has 4 rings (SSSR count). The molecule has 2 fully saturated rings. The van der Waals surface area contributed by atoms with Gasteiger partial charge in [-0.15, -0.1) is 10.2 Å². The van der Waals surface area contributed by atoms with Crippen LogP contribution in [0, 0.1) is 6.92 Å². The minimum atomic E-state index is -0.283. The Kier molecular flexibility index (Phi) is 6.57. The summed E-state index contributed by atoms with van der Waals surface area (Å²) >= 11 is 1.39. The van der Waals surface area contributed by atoms with Crippen LogP contribution in [0.5, 0.6) is 0 Å². The highest BCUT2D eigenvalue weighted by Gasteiger charge is 2.33. The zero-order chi connectivity index (χ0) is 22.9. The molecule has 8 nitrogen and oxygen atoms in total. The lowest BCUT2D eigenvalue weighted by atomic mass is 9.89. The fourth-order valence-corrected chi connectivity index (χ4v) is 4.97. The fourth-order valence-electron chi connectivity index (χ4n) is 4.17. The van der Waals surface area contributed by atoms with E-state index >= 15 is 0 Å². The van der Waals surface area contributed by atoms with Crippen molar-refractivity contribution in [3.8, 4) is 0 Å². The van der Waals surface area contributed by atoms with Crippen molar-refractivity contribution < 1.29 is 14.3 Å². The monoisotopic (exact) mass is 457 g/mol. The maximum atomic E-state index is 13.1. The number of carbonyl (C=O) groups is 2. The SMILES string of the molecule is Cc1ccc(C(=O)Nc2nnc(C(C)(C)C)s2)c(C2CCN(C(=O)[C@@H]3CCCO3)CC2)n1. The van der Waals surface area contributed by atoms with Gasteiger partial charge in [-0.25, -0.2) is 0 Å². The molecule has 0 spiro atoms. The Morgan fingerprint density at radius 1 is 1.16 bits per heavy atom. The highest BCUT2D eigenvalue weighted by Crippen LogP contribution is 2.32. The van der Waals surface area contributed by atoms with Crippen molar-refractivity contribution in [2.45, 2.75) is 70.8 Å². The number of aryl methyl sites for hydroxylation is 1. The zero-order valence-electron chi connectivity index (χ0n) is 19.2. The second-order valence-corrected chi connectivity index (χ2v) is 10.6. The Morgan fingerprint density at radius 2 is 1.91 bits per heavy atom. The molecule has 0 aromatic carbocycles. The summed E-state index contributed by atoms with van der Waals surface area (Å²) in [7, 11) is 0. The van der Waals surface area contributed by atoms with E-state index in [1.165, 1.54) is 11.3 Å². The summed E-state index contributed by atoms with van der Waals surface area (Å²) in [6, 6.07) is 3.69. The van der Waals surface area contributed by atoms with E-state index in [2.05, 4.69) is 36.3 Å². The minimum Gasteiger partial charge on any atom is -0.368 e. The lowest BCUT2D eigenvalue weighted by Gasteiger charge is -2.33. The van der Waals surface area contributed by atoms with E-state index in [-0.39, 0.29) is 29.3 Å². The van der Waals surface area contributed by atoms with Gasteiger partial charge in [0.2, 0.25) is 5.13 Å². The number of piperidine rings is 1. The number of carbonyl (C=O) groups excluding carboxylic acids is 2. The predicted octanol–water partition coefficient (Wildman–Crippen LogP) is 3.68. The predicted molar refractivity (Wildman–Crippen MR) is 123 cm³/mol. The highest BCUT2D eigenvalue weighted by atomic mass is 32.1. The van der Waals surface area contributed by atoms with Crippen molar-refractivity contribution in [1.82, 2.24) is 20.1 Å². The second kappa shape index (κ2) is 9.23. The van der Waals surface area contributed by atoms with Gasteiger partial charge < -0.3 is 9.64 Å². The summed E-state index contributed by atoms with van der Waals surface area (Å²) in [5.74, 6) is 0.00719. The summed E-state index contributed by atoms with van der Waals surface area (Å²) in [6.07, 6.45) is 3.04. The topological polar surface area (TPSA) is 97.3 Å². The molecule has 2 aromatic heterocycles. The molecular weight excluding hydrogens is 426 g/mol. The Bertz CT molecular complexity index is 986. The van der Waals surface area contributed by atoms with Crippen LogP contribution >= 0.6 is 11.3 Å². The Morgan fingerprint density at radius 3 is 2.53 bits per heavy atom. The molecule has 1 N–H and O–H groups in total. The van der Waals surface area contributed by atoms with Crippen molar-refractivity contribution in [1.29, 1.82) is 0 Å². The van der Waals surface area contributed by atoms with E-state index in [0.29, 0.717) is 30.4 Å². The van der Waals surface area contributed by atoms with Crippen LogP contribution in [0.4, 0.5) is 5.13 Å². The normalized spacial score (nSPS) is 19.9. The first-order valence-corrected chi connectivity index (χ1v) is 12.1. The molecule has 0 saturated carbocycles. The molecule has 2 amide bonds. The van der Waals surface area contributed by atoms with E-state index in [1.54, 1.807) is 0 Å². The molecule has 0 unspecified atom stereocenters. The number of anilines is 1. The summed E-state index contributed by atoms with van der Waals surface area (Å²) in [5, 5.41) is 12.6. The molecule has 2 saturated heterocycles. The number of hydrogen-bond donors (Lipinski definition) is 1. The molecule has 2 aliphatic rings. The van der Waals surface area contributed by atoms with Crippen LogP contribution in [-0.4, -0.2) is 57.7 Å². The van der Waals surface area contributed by atoms with Gasteiger partial charge in [0.05, 0.1) is 11.3 Å². The molecule has 2 aliphatic heterocycles. The van der Waals surface area contributed by atoms with Gasteiger partial charge in [0.15, 0.2) is 0 Å². The largest absolute Gasteiger partial charge is 0.368 e. The average molecular weight is 458 g/mol. The summed E-state index contributed by atoms with van der Waals surface area (Å²) in [6.45, 7) is 10.1. The van der Waals surface area contributed by atoms with Crippen LogP contribution in [0.3, 0.4) is 0 Å². The first-order chi connectivity index (χ1) is 15.2. The highest BCUT2D eigenvalue weighted by molar-refractivity contribution is 7.15. The van der Waals surface area contributed by atoms with Crippen molar-refractivity contribution in [3.05, 3.63) is 34.1 Å². The summed E-state index contributed by atoms with van der Waals surface area (Å²) in [4.78, 5) is 32.4. The maximum absolute atomic E-state index is 13.1. The third-order valence-electron chi connectivity index (χ3n) is 5.99. The molecule has 1 atom stereocenters. The van der Waals surface area contributed by atoms with Crippen LogP contribution < -0.4 is 5.32 Å². The van der Waals surface area contributed by atoms with Gasteiger partial charge in [0.25, 0.3) is 11.8 Å². The standard InChI is InChI=1S/C23H31N5O3S/c1-14-7-8-16(19(29)25-22-27-26-21(32-22)23(2,3)4)18(24-14)15-9-11-28(12-10-15)20(30)17-6-5-13-31-17/h7-8,15,17H,5-6,9-13H2,1-4H3,(H,25,27,29)/t17-/m0/s1. The molecule has 172 valence electrons. The molecule has 0 radical (unpaired) electrons. The van der Waals surface area contributed by atoms with Gasteiger partial charge >= 0.3 is 0 Å². The maximum Gasteiger partial charge on any atom is 0.259 e. The van der Waals surface area contributed by atoms with Crippen molar-refractivity contribution in [3.63, 3.8) is 0 Å². The van der Waals surface area contributed by atoms with Crippen LogP contribution in [0.2, 0.25) is 0 Å². The third kappa shape index (κ3) is 4.99. The first-order valence-electron chi connectivity index (χ1n) is 11.3. The molecular formula is C23H31N5O3S. The van der Waals surface area contributed by atoms with E-state index in [0.717, 1.165) is 42.1 Å². The Labute approximate surface area is 192 Å². The van der Waals surface area contributed by atoms with E-state index in [9.17, 15) is 9.59 Å². The molecule has 4 heterocycles. The summed E-state index contributed by atoms with van der Waals surface area (Å²) < 4.78 is 5.56. The van der Waals surface area contributed by atoms with E-state index in [1.807, 2.05) is 24.0 Å². The number of amides is 2. The molecule has 32 heavy (non-hydrogen) atoms. The lowest BCUT2D eigenvalue weighted by Crippen LogP contribution is -2.43. The fraction of sp³-hybridized carbons (Fsp3) is 0.609. The number of rotatable bonds is 4. The Balaban J connectivity index is 1.46. The average Bonchev–Trinajstić information content (AvgIpc) is 3.45. The van der Waals surface area contributed by atoms with Gasteiger partial charge in [-0.05, 0) is 44.7 Å². The smallest absolute Gasteiger partial charge is 0.259 e. The van der Waals surface area contributed by atoms with Gasteiger partial charge in [0, 0.05) is 36.7 Å². The van der Waals surface area contributed by atoms with Crippen LogP contribution in [0.15, 0.2) is 12.1 Å². The van der Waals surface area contributed by atoms with Crippen LogP contribution in [0.1, 0.15) is 79.1 Å². The number of nitrogens with zero attached hydrogens (tertiary/aromatic N) is 4. The van der Waals surface area contributed by atoms with Gasteiger partial charge in [0.1, 0.15) is 11.1 Å². The van der Waals surface area contributed by atoms with Crippen molar-refractivity contribution in [2.24, 2.45) is 0 Å². The first kappa shape index (κ1) is 22.8. The van der Waals surface area contributed by atoms with Crippen molar-refractivity contribution in [2.75, 3.05) is 25.0 Å². The molecule has 2 aromatic rings. The summed E-state index contributed by atoms with van der Waals surface area (Å²) in [5.41, 5.74) is 2.12. The minimum absolute atomic E-state index is 0.0991. The van der Waals surface area contributed by atoms with Gasteiger partial charge in [-0.3, -0.25) is 19.9 Å². The number of pyridine rings is 1. The third-order valence-corrected chi connectivity index (χ3v) is 7.26. The second-order valence-electron chi connectivity index (χ2n) is 9.60. The number of hydrogen-bond acceptors (Lipinski definition) is 7. The Hall–Kier alpha value is -2.39. The quantitative estimate of drug-likeness (QED) is 0.752. The van der Waals surface area contributed by atoms with Crippen molar-refractivity contribution >= 4 is 28.3 Å². The number of likely N-dealkylation sites (tertiary alicyclic amines) is 1. The number of nitrogens with one attached hydrogen (secondary N) is 1. The lowest BCUT2D eigenvalue weighted by molar-refractivity contribution is -0.142. The van der Waals surface area contributed by atoms with E-state index < -0.39 is 0 Å². The van der Waals surface area contributed by atoms with Crippen LogP contribution in [-0.2, 0) is 14.9 Å². The zero-order valence-corrected chi connectivity index (χ0v) is 20.0. The molecule has 9 heteroatoms. The molecule has 0 aliphatic carbocycles.